The number of aromatic nitrogens is 1. The van der Waals surface area contributed by atoms with Crippen molar-refractivity contribution in [1.29, 1.82) is 0 Å². The highest BCUT2D eigenvalue weighted by Crippen LogP contribution is 2.32. The summed E-state index contributed by atoms with van der Waals surface area (Å²) in [6, 6.07) is 2.21. The normalized spacial score (nSPS) is 15.6. The predicted octanol–water partition coefficient (Wildman–Crippen LogP) is 3.79. The van der Waals surface area contributed by atoms with E-state index in [9.17, 15) is 18.0 Å². The van der Waals surface area contributed by atoms with Crippen molar-refractivity contribution in [3.63, 3.8) is 0 Å². The first-order valence-corrected chi connectivity index (χ1v) is 6.84. The molecule has 116 valence electrons. The number of carbonyl (C=O) groups is 1. The van der Waals surface area contributed by atoms with Crippen LogP contribution in [0, 0.1) is 0 Å². The Balaban J connectivity index is 2.35. The van der Waals surface area contributed by atoms with E-state index in [4.69, 9.17) is 4.74 Å². The number of ether oxygens (including phenoxy) is 1. The SMILES string of the molecule is CC(C)OC(=O)N1CCCCc2nc(C(F)(F)F)ccc21. The van der Waals surface area contributed by atoms with E-state index < -0.39 is 18.0 Å². The maximum Gasteiger partial charge on any atom is 0.433 e. The lowest BCUT2D eigenvalue weighted by molar-refractivity contribution is -0.141. The molecule has 0 atom stereocenters. The summed E-state index contributed by atoms with van der Waals surface area (Å²) < 4.78 is 43.3. The molecule has 0 aromatic carbocycles. The van der Waals surface area contributed by atoms with Crippen molar-refractivity contribution in [2.24, 2.45) is 0 Å². The largest absolute Gasteiger partial charge is 0.446 e. The van der Waals surface area contributed by atoms with E-state index in [2.05, 4.69) is 4.98 Å². The van der Waals surface area contributed by atoms with Crippen LogP contribution in [-0.4, -0.2) is 23.7 Å². The Bertz CT molecular complexity index is 529. The second kappa shape index (κ2) is 5.91. The van der Waals surface area contributed by atoms with Crippen LogP contribution in [-0.2, 0) is 17.3 Å². The third-order valence-corrected chi connectivity index (χ3v) is 3.13. The molecule has 1 aliphatic rings. The Kier molecular flexibility index (Phi) is 4.39. The lowest BCUT2D eigenvalue weighted by Gasteiger charge is -2.23. The minimum atomic E-state index is -4.48. The highest BCUT2D eigenvalue weighted by atomic mass is 19.4. The molecule has 0 bridgehead atoms. The van der Waals surface area contributed by atoms with Crippen LogP contribution in [0.15, 0.2) is 12.1 Å². The lowest BCUT2D eigenvalue weighted by atomic mass is 10.1. The quantitative estimate of drug-likeness (QED) is 0.792. The van der Waals surface area contributed by atoms with Crippen LogP contribution in [0.4, 0.5) is 23.7 Å². The number of carbonyl (C=O) groups excluding carboxylic acids is 1. The molecule has 0 aliphatic carbocycles. The Hall–Kier alpha value is -1.79. The minimum absolute atomic E-state index is 0.286. The minimum Gasteiger partial charge on any atom is -0.446 e. The van der Waals surface area contributed by atoms with E-state index in [0.29, 0.717) is 37.2 Å². The van der Waals surface area contributed by atoms with Crippen LogP contribution in [0.5, 0.6) is 0 Å². The number of aryl methyl sites for hydroxylation is 1. The molecule has 0 spiro atoms. The van der Waals surface area contributed by atoms with Gasteiger partial charge in [-0.3, -0.25) is 4.90 Å². The average Bonchev–Trinajstić information content (AvgIpc) is 2.58. The molecule has 4 nitrogen and oxygen atoms in total. The van der Waals surface area contributed by atoms with Crippen LogP contribution in [0.3, 0.4) is 0 Å². The van der Waals surface area contributed by atoms with Crippen molar-refractivity contribution in [2.75, 3.05) is 11.4 Å². The van der Waals surface area contributed by atoms with E-state index in [-0.39, 0.29) is 6.10 Å². The van der Waals surface area contributed by atoms with Gasteiger partial charge in [-0.1, -0.05) is 0 Å². The summed E-state index contributed by atoms with van der Waals surface area (Å²) in [5, 5.41) is 0. The molecular weight excluding hydrogens is 285 g/mol. The number of hydrogen-bond acceptors (Lipinski definition) is 3. The topological polar surface area (TPSA) is 42.4 Å². The second-order valence-corrected chi connectivity index (χ2v) is 5.20. The number of halogens is 3. The van der Waals surface area contributed by atoms with Gasteiger partial charge in [0.1, 0.15) is 5.69 Å². The molecule has 1 amide bonds. The molecular formula is C14H17F3N2O2. The van der Waals surface area contributed by atoms with Crippen LogP contribution >= 0.6 is 0 Å². The van der Waals surface area contributed by atoms with Gasteiger partial charge in [0.15, 0.2) is 0 Å². The monoisotopic (exact) mass is 302 g/mol. The third-order valence-electron chi connectivity index (χ3n) is 3.13. The number of fused-ring (bicyclic) bond motifs is 1. The van der Waals surface area contributed by atoms with Crippen LogP contribution in [0.1, 0.15) is 38.1 Å². The van der Waals surface area contributed by atoms with E-state index in [1.54, 1.807) is 13.8 Å². The molecule has 21 heavy (non-hydrogen) atoms. The molecule has 2 rings (SSSR count). The van der Waals surface area contributed by atoms with Crippen LogP contribution < -0.4 is 4.90 Å². The average molecular weight is 302 g/mol. The fraction of sp³-hybridized carbons (Fsp3) is 0.571. The van der Waals surface area contributed by atoms with E-state index in [1.807, 2.05) is 0 Å². The van der Waals surface area contributed by atoms with Gasteiger partial charge in [0.05, 0.1) is 17.5 Å². The zero-order valence-electron chi connectivity index (χ0n) is 11.9. The molecule has 1 aliphatic heterocycles. The number of rotatable bonds is 1. The molecule has 7 heteroatoms. The van der Waals surface area contributed by atoms with Crippen molar-refractivity contribution < 1.29 is 22.7 Å². The van der Waals surface area contributed by atoms with Crippen molar-refractivity contribution >= 4 is 11.8 Å². The first-order valence-electron chi connectivity index (χ1n) is 6.84. The molecule has 0 saturated heterocycles. The Morgan fingerprint density at radius 2 is 2.05 bits per heavy atom. The van der Waals surface area contributed by atoms with Crippen molar-refractivity contribution in [1.82, 2.24) is 4.98 Å². The molecule has 0 radical (unpaired) electrons. The highest BCUT2D eigenvalue weighted by Gasteiger charge is 2.34. The summed E-state index contributed by atoms with van der Waals surface area (Å²) in [4.78, 5) is 17.1. The van der Waals surface area contributed by atoms with Gasteiger partial charge in [-0.25, -0.2) is 9.78 Å². The fourth-order valence-electron chi connectivity index (χ4n) is 2.22. The smallest absolute Gasteiger partial charge is 0.433 e. The Morgan fingerprint density at radius 1 is 1.33 bits per heavy atom. The first kappa shape index (κ1) is 15.6. The standard InChI is InChI=1S/C14H17F3N2O2/c1-9(2)21-13(20)19-8-4-3-5-10-11(19)6-7-12(18-10)14(15,16)17/h6-7,9H,3-5,8H2,1-2H3. The maximum atomic E-state index is 12.7. The molecule has 1 aromatic rings. The van der Waals surface area contributed by atoms with Gasteiger partial charge in [-0.05, 0) is 45.2 Å². The van der Waals surface area contributed by atoms with Gasteiger partial charge in [-0.15, -0.1) is 0 Å². The summed E-state index contributed by atoms with van der Waals surface area (Å²) in [5.41, 5.74) is -0.227. The zero-order valence-corrected chi connectivity index (χ0v) is 11.9. The number of alkyl halides is 3. The van der Waals surface area contributed by atoms with Gasteiger partial charge in [0.2, 0.25) is 0 Å². The van der Waals surface area contributed by atoms with Gasteiger partial charge >= 0.3 is 12.3 Å². The number of hydrogen-bond donors (Lipinski definition) is 0. The van der Waals surface area contributed by atoms with E-state index >= 15 is 0 Å². The van der Waals surface area contributed by atoms with E-state index in [1.165, 1.54) is 11.0 Å². The number of nitrogens with zero attached hydrogens (tertiary/aromatic N) is 2. The summed E-state index contributed by atoms with van der Waals surface area (Å²) in [7, 11) is 0. The maximum absolute atomic E-state index is 12.7. The second-order valence-electron chi connectivity index (χ2n) is 5.20. The predicted molar refractivity (Wildman–Crippen MR) is 71.1 cm³/mol. The number of anilines is 1. The Morgan fingerprint density at radius 3 is 2.67 bits per heavy atom. The lowest BCUT2D eigenvalue weighted by Crippen LogP contribution is -2.34. The Labute approximate surface area is 120 Å². The van der Waals surface area contributed by atoms with Gasteiger partial charge in [0.25, 0.3) is 0 Å². The highest BCUT2D eigenvalue weighted by molar-refractivity contribution is 5.88. The molecule has 2 heterocycles. The zero-order chi connectivity index (χ0) is 15.6. The van der Waals surface area contributed by atoms with Crippen molar-refractivity contribution in [2.45, 2.75) is 45.4 Å². The summed E-state index contributed by atoms with van der Waals surface area (Å²) in [6.45, 7) is 3.87. The molecule has 0 fully saturated rings. The molecule has 0 unspecified atom stereocenters. The molecule has 0 N–H and O–H groups in total. The summed E-state index contributed by atoms with van der Waals surface area (Å²) in [6.07, 6.45) is -3.51. The summed E-state index contributed by atoms with van der Waals surface area (Å²) in [5.74, 6) is 0. The molecule has 1 aromatic heterocycles. The van der Waals surface area contributed by atoms with Crippen molar-refractivity contribution in [3.05, 3.63) is 23.5 Å². The molecule has 0 saturated carbocycles. The van der Waals surface area contributed by atoms with E-state index in [0.717, 1.165) is 6.07 Å². The number of pyridine rings is 1. The van der Waals surface area contributed by atoms with Crippen molar-refractivity contribution in [3.8, 4) is 0 Å². The fourth-order valence-corrected chi connectivity index (χ4v) is 2.22. The van der Waals surface area contributed by atoms with Gasteiger partial charge in [0, 0.05) is 6.54 Å². The summed E-state index contributed by atoms with van der Waals surface area (Å²) >= 11 is 0. The number of amides is 1. The third kappa shape index (κ3) is 3.65. The van der Waals surface area contributed by atoms with Crippen LogP contribution in [0.25, 0.3) is 0 Å². The van der Waals surface area contributed by atoms with Gasteiger partial charge < -0.3 is 4.74 Å². The first-order chi connectivity index (χ1) is 9.79. The van der Waals surface area contributed by atoms with Crippen LogP contribution in [0.2, 0.25) is 0 Å². The van der Waals surface area contributed by atoms with Gasteiger partial charge in [-0.2, -0.15) is 13.2 Å².